The number of nitro groups is 1. The summed E-state index contributed by atoms with van der Waals surface area (Å²) in [6, 6.07) is 10.1. The van der Waals surface area contributed by atoms with Gasteiger partial charge in [-0.25, -0.2) is 4.98 Å². The molecular formula is C18H24N6O2. The van der Waals surface area contributed by atoms with Crippen LogP contribution in [0.15, 0.2) is 36.5 Å². The molecule has 1 saturated carbocycles. The highest BCUT2D eigenvalue weighted by atomic mass is 16.6. The van der Waals surface area contributed by atoms with E-state index in [1.807, 2.05) is 30.3 Å². The van der Waals surface area contributed by atoms with Crippen molar-refractivity contribution in [3.05, 3.63) is 52.2 Å². The van der Waals surface area contributed by atoms with Crippen LogP contribution in [0.2, 0.25) is 0 Å². The maximum atomic E-state index is 11.3. The molecule has 1 fully saturated rings. The smallest absolute Gasteiger partial charge is 0.329 e. The van der Waals surface area contributed by atoms with Crippen LogP contribution in [0.5, 0.6) is 0 Å². The fraction of sp³-hybridized carbons (Fsp3) is 0.444. The first-order chi connectivity index (χ1) is 12.6. The zero-order chi connectivity index (χ0) is 18.4. The number of nitrogens with two attached hydrogens (primary N) is 1. The minimum Gasteiger partial charge on any atom is -0.364 e. The van der Waals surface area contributed by atoms with Gasteiger partial charge in [0.15, 0.2) is 0 Å². The summed E-state index contributed by atoms with van der Waals surface area (Å²) in [6.45, 7) is 1.21. The van der Waals surface area contributed by atoms with Crippen molar-refractivity contribution in [2.75, 3.05) is 17.2 Å². The Kier molecular flexibility index (Phi) is 5.96. The predicted molar refractivity (Wildman–Crippen MR) is 101 cm³/mol. The lowest BCUT2D eigenvalue weighted by Gasteiger charge is -2.26. The van der Waals surface area contributed by atoms with Gasteiger partial charge in [-0.3, -0.25) is 10.1 Å². The normalized spacial score (nSPS) is 19.7. The molecule has 4 N–H and O–H groups in total. The molecule has 1 heterocycles. The van der Waals surface area contributed by atoms with E-state index >= 15 is 0 Å². The standard InChI is InChI=1S/C18H24N6O2/c19-15-8-6-14(7-9-15)10-20-17-16(24(25)26)12-22-18(23-17)21-11-13-4-2-1-3-5-13/h1-5,12,14-15H,6-11,19H2,(H2,20,21,22,23). The van der Waals surface area contributed by atoms with Gasteiger partial charge < -0.3 is 16.4 Å². The van der Waals surface area contributed by atoms with Crippen LogP contribution in [0.25, 0.3) is 0 Å². The van der Waals surface area contributed by atoms with Crippen molar-refractivity contribution in [2.45, 2.75) is 38.3 Å². The van der Waals surface area contributed by atoms with Crippen molar-refractivity contribution >= 4 is 17.5 Å². The minimum absolute atomic E-state index is 0.109. The number of anilines is 2. The minimum atomic E-state index is -0.458. The predicted octanol–water partition coefficient (Wildman–Crippen LogP) is 2.93. The first-order valence-electron chi connectivity index (χ1n) is 8.90. The molecule has 0 radical (unpaired) electrons. The average molecular weight is 356 g/mol. The molecule has 1 aromatic heterocycles. The molecule has 26 heavy (non-hydrogen) atoms. The van der Waals surface area contributed by atoms with Crippen molar-refractivity contribution in [2.24, 2.45) is 11.7 Å². The van der Waals surface area contributed by atoms with E-state index in [1.54, 1.807) is 0 Å². The highest BCUT2D eigenvalue weighted by Crippen LogP contribution is 2.26. The second-order valence-corrected chi connectivity index (χ2v) is 6.69. The molecule has 0 saturated heterocycles. The van der Waals surface area contributed by atoms with E-state index in [-0.39, 0.29) is 17.5 Å². The van der Waals surface area contributed by atoms with Crippen molar-refractivity contribution in [3.8, 4) is 0 Å². The number of nitrogens with one attached hydrogen (secondary N) is 2. The second kappa shape index (κ2) is 8.57. The quantitative estimate of drug-likeness (QED) is 0.515. The van der Waals surface area contributed by atoms with Gasteiger partial charge in [-0.2, -0.15) is 4.98 Å². The summed E-state index contributed by atoms with van der Waals surface area (Å²) >= 11 is 0. The van der Waals surface area contributed by atoms with E-state index in [9.17, 15) is 10.1 Å². The molecule has 0 amide bonds. The molecule has 0 atom stereocenters. The number of hydrogen-bond acceptors (Lipinski definition) is 7. The zero-order valence-corrected chi connectivity index (χ0v) is 14.6. The first-order valence-corrected chi connectivity index (χ1v) is 8.90. The molecule has 1 aliphatic rings. The Morgan fingerprint density at radius 2 is 1.88 bits per heavy atom. The fourth-order valence-electron chi connectivity index (χ4n) is 3.13. The summed E-state index contributed by atoms with van der Waals surface area (Å²) in [5, 5.41) is 17.5. The maximum Gasteiger partial charge on any atom is 0.329 e. The molecule has 2 aromatic rings. The van der Waals surface area contributed by atoms with E-state index in [0.29, 0.717) is 25.0 Å². The summed E-state index contributed by atoms with van der Waals surface area (Å²) < 4.78 is 0. The zero-order valence-electron chi connectivity index (χ0n) is 14.6. The molecule has 8 heteroatoms. The Hall–Kier alpha value is -2.74. The third-order valence-electron chi connectivity index (χ3n) is 4.71. The van der Waals surface area contributed by atoms with Crippen LogP contribution in [0.4, 0.5) is 17.5 Å². The van der Waals surface area contributed by atoms with Crippen molar-refractivity contribution < 1.29 is 4.92 Å². The third kappa shape index (κ3) is 4.89. The van der Waals surface area contributed by atoms with Gasteiger partial charge in [0, 0.05) is 19.1 Å². The Morgan fingerprint density at radius 3 is 2.58 bits per heavy atom. The van der Waals surface area contributed by atoms with Crippen LogP contribution in [0, 0.1) is 16.0 Å². The Morgan fingerprint density at radius 1 is 1.15 bits per heavy atom. The van der Waals surface area contributed by atoms with E-state index in [2.05, 4.69) is 20.6 Å². The van der Waals surface area contributed by atoms with Crippen LogP contribution < -0.4 is 16.4 Å². The van der Waals surface area contributed by atoms with Crippen molar-refractivity contribution in [3.63, 3.8) is 0 Å². The van der Waals surface area contributed by atoms with Crippen LogP contribution in [-0.4, -0.2) is 27.5 Å². The monoisotopic (exact) mass is 356 g/mol. The number of hydrogen-bond donors (Lipinski definition) is 3. The maximum absolute atomic E-state index is 11.3. The molecule has 1 aromatic carbocycles. The lowest BCUT2D eigenvalue weighted by molar-refractivity contribution is -0.384. The van der Waals surface area contributed by atoms with Gasteiger partial charge >= 0.3 is 5.69 Å². The molecule has 8 nitrogen and oxygen atoms in total. The van der Waals surface area contributed by atoms with Crippen molar-refractivity contribution in [1.29, 1.82) is 0 Å². The number of benzene rings is 1. The summed E-state index contributed by atoms with van der Waals surface area (Å²) in [5.41, 5.74) is 6.91. The van der Waals surface area contributed by atoms with Gasteiger partial charge in [0.2, 0.25) is 11.8 Å². The molecule has 0 spiro atoms. The van der Waals surface area contributed by atoms with E-state index in [1.165, 1.54) is 6.20 Å². The summed E-state index contributed by atoms with van der Waals surface area (Å²) in [5.74, 6) is 1.09. The fourth-order valence-corrected chi connectivity index (χ4v) is 3.13. The van der Waals surface area contributed by atoms with Crippen molar-refractivity contribution in [1.82, 2.24) is 9.97 Å². The van der Waals surface area contributed by atoms with E-state index in [0.717, 1.165) is 31.2 Å². The molecule has 0 aliphatic heterocycles. The van der Waals surface area contributed by atoms with Gasteiger partial charge in [-0.15, -0.1) is 0 Å². The third-order valence-corrected chi connectivity index (χ3v) is 4.71. The SMILES string of the molecule is NC1CCC(CNc2nc(NCc3ccccc3)ncc2[N+](=O)[O-])CC1. The van der Waals surface area contributed by atoms with E-state index in [4.69, 9.17) is 5.73 Å². The highest BCUT2D eigenvalue weighted by Gasteiger charge is 2.21. The molecule has 1 aliphatic carbocycles. The Bertz CT molecular complexity index is 732. The number of nitrogens with zero attached hydrogens (tertiary/aromatic N) is 3. The summed E-state index contributed by atoms with van der Waals surface area (Å²) in [4.78, 5) is 19.2. The molecule has 0 unspecified atom stereocenters. The van der Waals surface area contributed by atoms with Crippen LogP contribution in [-0.2, 0) is 6.54 Å². The molecule has 3 rings (SSSR count). The van der Waals surface area contributed by atoms with Crippen LogP contribution in [0.1, 0.15) is 31.2 Å². The number of rotatable bonds is 7. The van der Waals surface area contributed by atoms with Crippen LogP contribution in [0.3, 0.4) is 0 Å². The number of aromatic nitrogens is 2. The van der Waals surface area contributed by atoms with Crippen LogP contribution >= 0.6 is 0 Å². The lowest BCUT2D eigenvalue weighted by atomic mass is 9.86. The van der Waals surface area contributed by atoms with Gasteiger partial charge in [-0.1, -0.05) is 30.3 Å². The molecular weight excluding hydrogens is 332 g/mol. The molecule has 0 bridgehead atoms. The van der Waals surface area contributed by atoms with Gasteiger partial charge in [0.1, 0.15) is 6.20 Å². The van der Waals surface area contributed by atoms with Gasteiger partial charge in [-0.05, 0) is 37.2 Å². The summed E-state index contributed by atoms with van der Waals surface area (Å²) in [6.07, 6.45) is 5.32. The summed E-state index contributed by atoms with van der Waals surface area (Å²) in [7, 11) is 0. The molecule has 138 valence electrons. The Labute approximate surface area is 152 Å². The average Bonchev–Trinajstić information content (AvgIpc) is 2.66. The highest BCUT2D eigenvalue weighted by molar-refractivity contribution is 5.57. The topological polar surface area (TPSA) is 119 Å². The first kappa shape index (κ1) is 18.1. The second-order valence-electron chi connectivity index (χ2n) is 6.69. The Balaban J connectivity index is 1.65. The van der Waals surface area contributed by atoms with Gasteiger partial charge in [0.25, 0.3) is 0 Å². The largest absolute Gasteiger partial charge is 0.364 e. The van der Waals surface area contributed by atoms with E-state index < -0.39 is 4.92 Å². The lowest BCUT2D eigenvalue weighted by Crippen LogP contribution is -2.29. The van der Waals surface area contributed by atoms with Gasteiger partial charge in [0.05, 0.1) is 4.92 Å².